The average Bonchev–Trinajstić information content (AvgIpc) is 3.16. The molecule has 1 aliphatic heterocycles. The van der Waals surface area contributed by atoms with Gasteiger partial charge in [-0.1, -0.05) is 37.3 Å². The number of carbonyl (C=O) groups excluding carboxylic acids is 1. The van der Waals surface area contributed by atoms with Gasteiger partial charge in [-0.3, -0.25) is 9.48 Å². The van der Waals surface area contributed by atoms with Crippen LogP contribution in [0.25, 0.3) is 11.3 Å². The van der Waals surface area contributed by atoms with Crippen LogP contribution in [0, 0.1) is 6.92 Å². The summed E-state index contributed by atoms with van der Waals surface area (Å²) in [5.74, 6) is 0.536. The minimum atomic E-state index is -0.572. The topological polar surface area (TPSA) is 84.1 Å². The van der Waals surface area contributed by atoms with Gasteiger partial charge >= 0.3 is 0 Å². The summed E-state index contributed by atoms with van der Waals surface area (Å²) in [6, 6.07) is 11.6. The fourth-order valence-corrected chi connectivity index (χ4v) is 3.45. The number of hydrogen-bond donors (Lipinski definition) is 1. The van der Waals surface area contributed by atoms with Crippen molar-refractivity contribution in [2.75, 3.05) is 6.54 Å². The van der Waals surface area contributed by atoms with Crippen molar-refractivity contribution in [1.29, 1.82) is 0 Å². The summed E-state index contributed by atoms with van der Waals surface area (Å²) in [4.78, 5) is 23.9. The Morgan fingerprint density at radius 3 is 2.79 bits per heavy atom. The maximum absolute atomic E-state index is 13.3. The van der Waals surface area contributed by atoms with E-state index in [0.717, 1.165) is 11.3 Å². The first-order valence-electron chi connectivity index (χ1n) is 9.50. The van der Waals surface area contributed by atoms with E-state index in [4.69, 9.17) is 0 Å². The van der Waals surface area contributed by atoms with E-state index in [9.17, 15) is 9.90 Å². The summed E-state index contributed by atoms with van der Waals surface area (Å²) >= 11 is 0. The second-order valence-corrected chi connectivity index (χ2v) is 6.98. The Kier molecular flexibility index (Phi) is 4.92. The first-order valence-corrected chi connectivity index (χ1v) is 9.50. The fourth-order valence-electron chi connectivity index (χ4n) is 3.45. The molecule has 0 saturated carbocycles. The molecule has 28 heavy (non-hydrogen) atoms. The summed E-state index contributed by atoms with van der Waals surface area (Å²) in [5, 5.41) is 14.5. The van der Waals surface area contributed by atoms with Crippen LogP contribution < -0.4 is 0 Å². The number of aryl methyl sites for hydroxylation is 1. The summed E-state index contributed by atoms with van der Waals surface area (Å²) in [6.07, 6.45) is 1.66. The molecule has 0 saturated heterocycles. The van der Waals surface area contributed by atoms with Gasteiger partial charge in [0.05, 0.1) is 41.8 Å². The standard InChI is InChI=1S/C21H23N5O2/c1-3-19(27)18-11-16-13-25(9-10-26(16)24-18)21(28)17-12-22-14(2)23-20(17)15-7-5-4-6-8-15/h4-8,11-12,19,27H,3,9-10,13H2,1-2H3. The normalized spacial score (nSPS) is 14.6. The molecule has 4 rings (SSSR count). The molecule has 1 aromatic carbocycles. The Hall–Kier alpha value is -3.06. The van der Waals surface area contributed by atoms with Gasteiger partial charge in [0, 0.05) is 18.3 Å². The van der Waals surface area contributed by atoms with Gasteiger partial charge < -0.3 is 10.0 Å². The van der Waals surface area contributed by atoms with E-state index < -0.39 is 6.10 Å². The SMILES string of the molecule is CCC(O)c1cc2n(n1)CCN(C(=O)c1cnc(C)nc1-c1ccccc1)C2. The lowest BCUT2D eigenvalue weighted by Crippen LogP contribution is -2.38. The summed E-state index contributed by atoms with van der Waals surface area (Å²) in [7, 11) is 0. The highest BCUT2D eigenvalue weighted by Crippen LogP contribution is 2.25. The molecule has 7 heteroatoms. The summed E-state index contributed by atoms with van der Waals surface area (Å²) in [5.41, 5.74) is 3.64. The molecule has 3 aromatic rings. The van der Waals surface area contributed by atoms with E-state index in [-0.39, 0.29) is 5.91 Å². The first kappa shape index (κ1) is 18.3. The minimum absolute atomic E-state index is 0.0936. The van der Waals surface area contributed by atoms with Gasteiger partial charge in [-0.2, -0.15) is 5.10 Å². The monoisotopic (exact) mass is 377 g/mol. The number of carbonyl (C=O) groups is 1. The highest BCUT2D eigenvalue weighted by Gasteiger charge is 2.27. The number of fused-ring (bicyclic) bond motifs is 1. The Bertz CT molecular complexity index is 999. The van der Waals surface area contributed by atoms with Gasteiger partial charge in [0.15, 0.2) is 0 Å². The highest BCUT2D eigenvalue weighted by atomic mass is 16.3. The number of benzene rings is 1. The van der Waals surface area contributed by atoms with Crippen molar-refractivity contribution >= 4 is 5.91 Å². The second-order valence-electron chi connectivity index (χ2n) is 6.98. The Labute approximate surface area is 163 Å². The van der Waals surface area contributed by atoms with Gasteiger partial charge in [-0.15, -0.1) is 0 Å². The van der Waals surface area contributed by atoms with Gasteiger partial charge in [-0.05, 0) is 19.4 Å². The quantitative estimate of drug-likeness (QED) is 0.756. The third-order valence-corrected chi connectivity index (χ3v) is 5.02. The van der Waals surface area contributed by atoms with Crippen LogP contribution in [0.4, 0.5) is 0 Å². The molecule has 3 heterocycles. The number of aromatic nitrogens is 4. The zero-order valence-electron chi connectivity index (χ0n) is 16.0. The Morgan fingerprint density at radius 1 is 1.25 bits per heavy atom. The molecule has 1 N–H and O–H groups in total. The largest absolute Gasteiger partial charge is 0.387 e. The molecule has 0 spiro atoms. The van der Waals surface area contributed by atoms with Gasteiger partial charge in [0.25, 0.3) is 5.91 Å². The molecule has 2 aromatic heterocycles. The molecular weight excluding hydrogens is 354 g/mol. The minimum Gasteiger partial charge on any atom is -0.387 e. The lowest BCUT2D eigenvalue weighted by Gasteiger charge is -2.28. The van der Waals surface area contributed by atoms with Crippen LogP contribution in [-0.2, 0) is 13.1 Å². The third-order valence-electron chi connectivity index (χ3n) is 5.02. The number of aliphatic hydroxyl groups is 1. The predicted octanol–water partition coefficient (Wildman–Crippen LogP) is 2.75. The maximum atomic E-state index is 13.3. The van der Waals surface area contributed by atoms with E-state index in [0.29, 0.717) is 48.8 Å². The van der Waals surface area contributed by atoms with E-state index in [1.54, 1.807) is 11.1 Å². The molecule has 7 nitrogen and oxygen atoms in total. The zero-order valence-corrected chi connectivity index (χ0v) is 16.0. The molecule has 1 amide bonds. The van der Waals surface area contributed by atoms with Gasteiger partial charge in [0.1, 0.15) is 5.82 Å². The molecule has 1 unspecified atom stereocenters. The number of aliphatic hydroxyl groups excluding tert-OH is 1. The Morgan fingerprint density at radius 2 is 2.04 bits per heavy atom. The predicted molar refractivity (Wildman–Crippen MR) is 104 cm³/mol. The van der Waals surface area contributed by atoms with Crippen molar-refractivity contribution in [1.82, 2.24) is 24.6 Å². The molecular formula is C21H23N5O2. The lowest BCUT2D eigenvalue weighted by atomic mass is 10.1. The van der Waals surface area contributed by atoms with Crippen LogP contribution in [0.1, 0.15) is 47.0 Å². The van der Waals surface area contributed by atoms with Crippen molar-refractivity contribution in [2.24, 2.45) is 0 Å². The third kappa shape index (κ3) is 3.41. The highest BCUT2D eigenvalue weighted by molar-refractivity contribution is 5.99. The molecule has 0 radical (unpaired) electrons. The van der Waals surface area contributed by atoms with Crippen LogP contribution in [0.5, 0.6) is 0 Å². The van der Waals surface area contributed by atoms with Gasteiger partial charge in [0.2, 0.25) is 0 Å². The van der Waals surface area contributed by atoms with Crippen LogP contribution >= 0.6 is 0 Å². The van der Waals surface area contributed by atoms with E-state index in [2.05, 4.69) is 15.1 Å². The number of rotatable bonds is 4. The first-order chi connectivity index (χ1) is 13.6. The summed E-state index contributed by atoms with van der Waals surface area (Å²) in [6.45, 7) is 5.34. The molecule has 144 valence electrons. The molecule has 0 bridgehead atoms. The Balaban J connectivity index is 1.63. The fraction of sp³-hybridized carbons (Fsp3) is 0.333. The zero-order chi connectivity index (χ0) is 19.7. The summed E-state index contributed by atoms with van der Waals surface area (Å²) < 4.78 is 1.88. The average molecular weight is 377 g/mol. The van der Waals surface area contributed by atoms with Crippen LogP contribution in [0.2, 0.25) is 0 Å². The molecule has 0 aliphatic carbocycles. The molecule has 1 atom stereocenters. The van der Waals surface area contributed by atoms with Crippen molar-refractivity contribution in [3.63, 3.8) is 0 Å². The van der Waals surface area contributed by atoms with Crippen LogP contribution in [-0.4, -0.2) is 42.2 Å². The lowest BCUT2D eigenvalue weighted by molar-refractivity contribution is 0.0705. The van der Waals surface area contributed by atoms with Crippen LogP contribution in [0.15, 0.2) is 42.6 Å². The van der Waals surface area contributed by atoms with E-state index in [1.807, 2.05) is 54.9 Å². The van der Waals surface area contributed by atoms with Crippen molar-refractivity contribution in [3.05, 3.63) is 65.4 Å². The molecule has 1 aliphatic rings. The van der Waals surface area contributed by atoms with Gasteiger partial charge in [-0.25, -0.2) is 9.97 Å². The van der Waals surface area contributed by atoms with Crippen molar-refractivity contribution in [3.8, 4) is 11.3 Å². The second kappa shape index (κ2) is 7.52. The number of hydrogen-bond acceptors (Lipinski definition) is 5. The van der Waals surface area contributed by atoms with E-state index >= 15 is 0 Å². The number of amides is 1. The smallest absolute Gasteiger partial charge is 0.258 e. The van der Waals surface area contributed by atoms with Crippen LogP contribution in [0.3, 0.4) is 0 Å². The van der Waals surface area contributed by atoms with Crippen molar-refractivity contribution < 1.29 is 9.90 Å². The number of nitrogens with zero attached hydrogens (tertiary/aromatic N) is 5. The maximum Gasteiger partial charge on any atom is 0.258 e. The molecule has 0 fully saturated rings. The van der Waals surface area contributed by atoms with E-state index in [1.165, 1.54) is 0 Å². The van der Waals surface area contributed by atoms with Crippen molar-refractivity contribution in [2.45, 2.75) is 39.5 Å².